The van der Waals surface area contributed by atoms with Gasteiger partial charge in [0.1, 0.15) is 89.6 Å². The summed E-state index contributed by atoms with van der Waals surface area (Å²) < 4.78 is 6.82. The van der Waals surface area contributed by atoms with Crippen molar-refractivity contribution >= 4 is 183 Å². The molecule has 0 aliphatic carbocycles. The molecule has 0 radical (unpaired) electrons. The molecule has 0 fully saturated rings. The molecule has 2 heterocycles. The number of hydrogen-bond donors (Lipinski definition) is 0. The second-order valence-electron chi connectivity index (χ2n) is 17.6. The standard InChI is InChI=1S/C49H42B10N4O/c50-37-35(38(51)42(55)45(58)41(37)54)48-60-47(61-49(62-48)36-39(52)43(56)46(59)44(57)40(36)53)31-21-29(22-33-34(31)30-12-6-7-13-32(30)64-33)63(28-19-16-24-10-4-5-11-26(24)20-28)27-17-14-25(15-18-27)23-8-2-1-3-9-23/h1-22H,50-59H2. The van der Waals surface area contributed by atoms with E-state index in [4.69, 9.17) is 19.4 Å². The summed E-state index contributed by atoms with van der Waals surface area (Å²) in [5.41, 5.74) is 22.2. The van der Waals surface area contributed by atoms with Crippen LogP contribution >= 0.6 is 0 Å². The van der Waals surface area contributed by atoms with Gasteiger partial charge in [0.15, 0.2) is 17.5 Å². The summed E-state index contributed by atoms with van der Waals surface area (Å²) in [6.07, 6.45) is 0. The van der Waals surface area contributed by atoms with E-state index in [9.17, 15) is 0 Å². The summed E-state index contributed by atoms with van der Waals surface area (Å²) in [5.74, 6) is 1.94. The molecule has 64 heavy (non-hydrogen) atoms. The van der Waals surface area contributed by atoms with E-state index >= 15 is 0 Å². The molecular formula is C49H42B10N4O. The third-order valence-corrected chi connectivity index (χ3v) is 14.3. The van der Waals surface area contributed by atoms with Gasteiger partial charge in [-0.2, -0.15) is 0 Å². The third kappa shape index (κ3) is 6.84. The molecule has 0 bridgehead atoms. The maximum atomic E-state index is 6.82. The fourth-order valence-corrected chi connectivity index (χ4v) is 9.73. The summed E-state index contributed by atoms with van der Waals surface area (Å²) in [6.45, 7) is 0. The molecule has 0 aliphatic rings. The zero-order chi connectivity index (χ0) is 44.6. The van der Waals surface area contributed by atoms with Gasteiger partial charge in [-0.15, -0.1) is 32.8 Å². The first kappa shape index (κ1) is 41.3. The molecule has 0 N–H and O–H groups in total. The van der Waals surface area contributed by atoms with Gasteiger partial charge in [-0.3, -0.25) is 0 Å². The molecule has 8 aromatic carbocycles. The third-order valence-electron chi connectivity index (χ3n) is 14.3. The first-order valence-corrected chi connectivity index (χ1v) is 22.2. The first-order chi connectivity index (χ1) is 30.9. The van der Waals surface area contributed by atoms with Crippen LogP contribution in [0.4, 0.5) is 17.1 Å². The fraction of sp³-hybridized carbons (Fsp3) is 0. The van der Waals surface area contributed by atoms with Crippen molar-refractivity contribution in [3.63, 3.8) is 0 Å². The van der Waals surface area contributed by atoms with E-state index in [1.807, 2.05) is 12.1 Å². The quantitative estimate of drug-likeness (QED) is 0.153. The Morgan fingerprint density at radius 3 is 1.45 bits per heavy atom. The number of hydrogen-bond acceptors (Lipinski definition) is 5. The van der Waals surface area contributed by atoms with Crippen LogP contribution in [0.5, 0.6) is 0 Å². The molecule has 0 atom stereocenters. The van der Waals surface area contributed by atoms with E-state index in [2.05, 4.69) is 205 Å². The van der Waals surface area contributed by atoms with Crippen molar-refractivity contribution < 1.29 is 4.42 Å². The SMILES string of the molecule is Bc1c(B)c(B)c(-c2nc(-c3c(B)c(B)c(B)c(B)c3B)nc(-c3cc(N(c4ccc(-c5ccccc5)cc4)c4ccc5ccccc5c4)cc4oc5ccccc5c34)n2)c(B)c1B. The Kier molecular flexibility index (Phi) is 10.4. The van der Waals surface area contributed by atoms with E-state index in [-0.39, 0.29) is 0 Å². The molecular weight excluding hydrogens is 769 g/mol. The molecule has 15 heteroatoms. The Labute approximate surface area is 384 Å². The molecule has 0 saturated heterocycles. The smallest absolute Gasteiger partial charge is 0.164 e. The predicted octanol–water partition coefficient (Wildman–Crippen LogP) is -4.35. The minimum atomic E-state index is 0.598. The molecule has 5 nitrogen and oxygen atoms in total. The van der Waals surface area contributed by atoms with Crippen molar-refractivity contribution in [2.75, 3.05) is 4.90 Å². The summed E-state index contributed by atoms with van der Waals surface area (Å²) in [6, 6.07) is 47.3. The molecule has 0 spiro atoms. The minimum absolute atomic E-state index is 0.598. The van der Waals surface area contributed by atoms with Crippen LogP contribution in [0.1, 0.15) is 0 Å². The summed E-state index contributed by atoms with van der Waals surface area (Å²) >= 11 is 0. The van der Waals surface area contributed by atoms with Gasteiger partial charge in [0.2, 0.25) is 0 Å². The number of furan rings is 1. The molecule has 0 unspecified atom stereocenters. The zero-order valence-electron chi connectivity index (χ0n) is 38.4. The Hall–Kier alpha value is -6.72. The number of benzene rings is 8. The average Bonchev–Trinajstić information content (AvgIpc) is 3.70. The molecule has 2 aromatic heterocycles. The Morgan fingerprint density at radius 1 is 0.359 bits per heavy atom. The number of fused-ring (bicyclic) bond motifs is 4. The van der Waals surface area contributed by atoms with Crippen LogP contribution in [-0.4, -0.2) is 93.4 Å². The zero-order valence-corrected chi connectivity index (χ0v) is 38.4. The second-order valence-corrected chi connectivity index (χ2v) is 17.6. The van der Waals surface area contributed by atoms with Crippen molar-refractivity contribution in [3.8, 4) is 45.3 Å². The second kappa shape index (κ2) is 16.1. The molecule has 294 valence electrons. The van der Waals surface area contributed by atoms with Crippen molar-refractivity contribution in [1.82, 2.24) is 15.0 Å². The lowest BCUT2D eigenvalue weighted by Gasteiger charge is -2.27. The first-order valence-electron chi connectivity index (χ1n) is 22.2. The highest BCUT2D eigenvalue weighted by atomic mass is 16.3. The van der Waals surface area contributed by atoms with Crippen molar-refractivity contribution in [2.24, 2.45) is 0 Å². The average molecular weight is 811 g/mol. The van der Waals surface area contributed by atoms with Crippen LogP contribution in [0, 0.1) is 0 Å². The van der Waals surface area contributed by atoms with E-state index in [0.717, 1.165) is 66.6 Å². The highest BCUT2D eigenvalue weighted by Gasteiger charge is 2.25. The maximum absolute atomic E-state index is 6.82. The van der Waals surface area contributed by atoms with Gasteiger partial charge in [0.25, 0.3) is 0 Å². The monoisotopic (exact) mass is 812 g/mol. The molecule has 10 rings (SSSR count). The van der Waals surface area contributed by atoms with Crippen LogP contribution in [-0.2, 0) is 0 Å². The van der Waals surface area contributed by atoms with Gasteiger partial charge >= 0.3 is 0 Å². The number of nitrogens with zero attached hydrogens (tertiary/aromatic N) is 4. The van der Waals surface area contributed by atoms with E-state index in [0.29, 0.717) is 17.5 Å². The highest BCUT2D eigenvalue weighted by molar-refractivity contribution is 6.70. The molecule has 0 amide bonds. The summed E-state index contributed by atoms with van der Waals surface area (Å²) in [4.78, 5) is 18.9. The fourth-order valence-electron chi connectivity index (χ4n) is 9.73. The number of anilines is 3. The minimum Gasteiger partial charge on any atom is -0.456 e. The van der Waals surface area contributed by atoms with Crippen LogP contribution in [0.3, 0.4) is 0 Å². The lowest BCUT2D eigenvalue weighted by atomic mass is 9.60. The van der Waals surface area contributed by atoms with Gasteiger partial charge in [0.05, 0.1) is 5.69 Å². The van der Waals surface area contributed by atoms with Gasteiger partial charge in [-0.25, -0.2) is 15.0 Å². The Balaban J connectivity index is 1.29. The van der Waals surface area contributed by atoms with Gasteiger partial charge in [-0.05, 0) is 58.3 Å². The normalized spacial score (nSPS) is 11.4. The van der Waals surface area contributed by atoms with Crippen molar-refractivity contribution in [3.05, 3.63) is 133 Å². The number of para-hydroxylation sites is 1. The van der Waals surface area contributed by atoms with E-state index in [1.165, 1.54) is 65.6 Å². The van der Waals surface area contributed by atoms with Crippen LogP contribution in [0.2, 0.25) is 0 Å². The van der Waals surface area contributed by atoms with Crippen LogP contribution < -0.4 is 59.5 Å². The van der Waals surface area contributed by atoms with E-state index < -0.39 is 0 Å². The largest absolute Gasteiger partial charge is 0.456 e. The lowest BCUT2D eigenvalue weighted by Crippen LogP contribution is -2.55. The van der Waals surface area contributed by atoms with Gasteiger partial charge in [-0.1, -0.05) is 113 Å². The molecule has 0 saturated carbocycles. The lowest BCUT2D eigenvalue weighted by molar-refractivity contribution is 0.669. The van der Waals surface area contributed by atoms with E-state index in [1.54, 1.807) is 0 Å². The Bertz CT molecular complexity index is 3380. The maximum Gasteiger partial charge on any atom is 0.164 e. The van der Waals surface area contributed by atoms with Crippen LogP contribution in [0.15, 0.2) is 138 Å². The van der Waals surface area contributed by atoms with Crippen LogP contribution in [0.25, 0.3) is 78.0 Å². The number of aromatic nitrogens is 3. The van der Waals surface area contributed by atoms with Crippen molar-refractivity contribution in [1.29, 1.82) is 0 Å². The molecule has 0 aliphatic heterocycles. The van der Waals surface area contributed by atoms with Gasteiger partial charge in [0, 0.05) is 44.9 Å². The van der Waals surface area contributed by atoms with Gasteiger partial charge < -0.3 is 9.32 Å². The summed E-state index contributed by atoms with van der Waals surface area (Å²) in [5, 5.41) is 4.32. The summed E-state index contributed by atoms with van der Waals surface area (Å²) in [7, 11) is 22.1. The Morgan fingerprint density at radius 2 is 0.844 bits per heavy atom. The predicted molar refractivity (Wildman–Crippen MR) is 303 cm³/mol. The van der Waals surface area contributed by atoms with Crippen molar-refractivity contribution in [2.45, 2.75) is 0 Å². The highest BCUT2D eigenvalue weighted by Crippen LogP contribution is 2.44. The molecule has 10 aromatic rings. The number of rotatable bonds is 7. The topological polar surface area (TPSA) is 55.1 Å².